The predicted octanol–water partition coefficient (Wildman–Crippen LogP) is 2.39. The number of aromatic nitrogens is 1. The lowest BCUT2D eigenvalue weighted by Crippen LogP contribution is -2.18. The molecule has 0 radical (unpaired) electrons. The molecule has 1 aliphatic heterocycles. The lowest BCUT2D eigenvalue weighted by Gasteiger charge is -2.13. The van der Waals surface area contributed by atoms with E-state index in [0.29, 0.717) is 11.8 Å². The van der Waals surface area contributed by atoms with Gasteiger partial charge in [0.2, 0.25) is 5.89 Å². The zero-order valence-corrected chi connectivity index (χ0v) is 10.3. The second-order valence-electron chi connectivity index (χ2n) is 5.03. The number of thioether (sulfide) groups is 1. The second-order valence-corrected chi connectivity index (χ2v) is 6.31. The molecule has 0 N–H and O–H groups in total. The lowest BCUT2D eigenvalue weighted by atomic mass is 9.98. The third-order valence-electron chi connectivity index (χ3n) is 3.74. The van der Waals surface area contributed by atoms with Gasteiger partial charge in [0.15, 0.2) is 0 Å². The van der Waals surface area contributed by atoms with E-state index in [9.17, 15) is 4.79 Å². The minimum atomic E-state index is -0.160. The molecule has 4 rings (SSSR count). The van der Waals surface area contributed by atoms with Crippen LogP contribution in [-0.2, 0) is 12.8 Å². The average Bonchev–Trinajstić information content (AvgIpc) is 2.96. The first-order chi connectivity index (χ1) is 8.31. The monoisotopic (exact) mass is 247 g/mol. The van der Waals surface area contributed by atoms with Crippen molar-refractivity contribution < 1.29 is 4.42 Å². The molecule has 17 heavy (non-hydrogen) atoms. The van der Waals surface area contributed by atoms with Crippen LogP contribution in [-0.4, -0.2) is 10.2 Å². The highest BCUT2D eigenvalue weighted by Gasteiger charge is 2.43. The molecule has 0 saturated heterocycles. The zero-order chi connectivity index (χ0) is 11.4. The number of fused-ring (bicyclic) bond motifs is 2. The quantitative estimate of drug-likeness (QED) is 0.764. The van der Waals surface area contributed by atoms with Crippen molar-refractivity contribution in [2.24, 2.45) is 5.92 Å². The maximum absolute atomic E-state index is 11.9. The SMILES string of the molecule is O=c1oc(C2=CC3CC3S2)nc2c1CCCC2. The van der Waals surface area contributed by atoms with Gasteiger partial charge in [-0.3, -0.25) is 0 Å². The van der Waals surface area contributed by atoms with Gasteiger partial charge in [-0.2, -0.15) is 0 Å². The van der Waals surface area contributed by atoms with Crippen molar-refractivity contribution in [3.05, 3.63) is 33.6 Å². The van der Waals surface area contributed by atoms with Gasteiger partial charge in [0.05, 0.1) is 16.2 Å². The third-order valence-corrected chi connectivity index (χ3v) is 5.15. The van der Waals surface area contributed by atoms with E-state index in [2.05, 4.69) is 11.1 Å². The molecular weight excluding hydrogens is 234 g/mol. The van der Waals surface area contributed by atoms with Gasteiger partial charge in [0.1, 0.15) is 0 Å². The van der Waals surface area contributed by atoms with Gasteiger partial charge in [0, 0.05) is 5.25 Å². The second kappa shape index (κ2) is 3.48. The summed E-state index contributed by atoms with van der Waals surface area (Å²) in [5, 5.41) is 0.730. The van der Waals surface area contributed by atoms with E-state index in [1.54, 1.807) is 0 Å². The summed E-state index contributed by atoms with van der Waals surface area (Å²) in [6, 6.07) is 0. The third kappa shape index (κ3) is 1.58. The predicted molar refractivity (Wildman–Crippen MR) is 66.9 cm³/mol. The van der Waals surface area contributed by atoms with E-state index in [1.165, 1.54) is 6.42 Å². The molecule has 2 unspecified atom stereocenters. The Balaban J connectivity index is 1.79. The van der Waals surface area contributed by atoms with Crippen molar-refractivity contribution in [1.29, 1.82) is 0 Å². The van der Waals surface area contributed by atoms with Gasteiger partial charge < -0.3 is 4.42 Å². The molecule has 0 amide bonds. The molecular formula is C13H13NO2S. The molecule has 2 aliphatic carbocycles. The molecule has 3 aliphatic rings. The first-order valence-corrected chi connectivity index (χ1v) is 7.11. The fourth-order valence-electron chi connectivity index (χ4n) is 2.65. The normalized spacial score (nSPS) is 29.5. The number of nitrogens with zero attached hydrogens (tertiary/aromatic N) is 1. The summed E-state index contributed by atoms with van der Waals surface area (Å²) in [4.78, 5) is 17.5. The Labute approximate surface area is 103 Å². The number of aryl methyl sites for hydroxylation is 1. The molecule has 0 spiro atoms. The van der Waals surface area contributed by atoms with Crippen LogP contribution in [0.25, 0.3) is 4.91 Å². The summed E-state index contributed by atoms with van der Waals surface area (Å²) >= 11 is 1.82. The Kier molecular flexibility index (Phi) is 2.04. The summed E-state index contributed by atoms with van der Waals surface area (Å²) in [5.74, 6) is 1.27. The van der Waals surface area contributed by atoms with Crippen molar-refractivity contribution >= 4 is 16.7 Å². The van der Waals surface area contributed by atoms with Crippen LogP contribution >= 0.6 is 11.8 Å². The van der Waals surface area contributed by atoms with Gasteiger partial charge in [-0.25, -0.2) is 9.78 Å². The lowest BCUT2D eigenvalue weighted by molar-refractivity contribution is 0.452. The first-order valence-electron chi connectivity index (χ1n) is 6.23. The van der Waals surface area contributed by atoms with E-state index in [4.69, 9.17) is 4.42 Å². The van der Waals surface area contributed by atoms with E-state index in [1.807, 2.05) is 11.8 Å². The minimum Gasteiger partial charge on any atom is -0.403 e. The van der Waals surface area contributed by atoms with Crippen LogP contribution in [0.5, 0.6) is 0 Å². The Morgan fingerprint density at radius 1 is 1.35 bits per heavy atom. The molecule has 1 saturated carbocycles. The van der Waals surface area contributed by atoms with E-state index < -0.39 is 0 Å². The van der Waals surface area contributed by atoms with Crippen LogP contribution in [0.4, 0.5) is 0 Å². The molecule has 1 aromatic heterocycles. The summed E-state index contributed by atoms with van der Waals surface area (Å²) < 4.78 is 5.37. The highest BCUT2D eigenvalue weighted by Crippen LogP contribution is 2.55. The van der Waals surface area contributed by atoms with Crippen LogP contribution in [0.1, 0.15) is 36.4 Å². The van der Waals surface area contributed by atoms with Gasteiger partial charge in [-0.1, -0.05) is 6.08 Å². The van der Waals surface area contributed by atoms with Crippen molar-refractivity contribution in [3.63, 3.8) is 0 Å². The zero-order valence-electron chi connectivity index (χ0n) is 9.44. The average molecular weight is 247 g/mol. The Bertz CT molecular complexity index is 575. The largest absolute Gasteiger partial charge is 0.403 e. The topological polar surface area (TPSA) is 43.1 Å². The Hall–Kier alpha value is -1.03. The highest BCUT2D eigenvalue weighted by molar-refractivity contribution is 8.09. The summed E-state index contributed by atoms with van der Waals surface area (Å²) in [5.41, 5.74) is 1.63. The van der Waals surface area contributed by atoms with E-state index in [0.717, 1.165) is 47.1 Å². The Morgan fingerprint density at radius 3 is 3.06 bits per heavy atom. The van der Waals surface area contributed by atoms with E-state index >= 15 is 0 Å². The van der Waals surface area contributed by atoms with Crippen LogP contribution in [0, 0.1) is 5.92 Å². The van der Waals surface area contributed by atoms with Crippen LogP contribution < -0.4 is 5.63 Å². The fraction of sp³-hybridized carbons (Fsp3) is 0.538. The maximum atomic E-state index is 11.9. The van der Waals surface area contributed by atoms with Crippen LogP contribution in [0.3, 0.4) is 0 Å². The van der Waals surface area contributed by atoms with E-state index in [-0.39, 0.29) is 5.63 Å². The molecule has 2 heterocycles. The first kappa shape index (κ1) is 9.95. The standard InChI is InChI=1S/C13H13NO2S/c15-13-8-3-1-2-4-9(8)14-12(16-13)11-6-7-5-10(7)17-11/h6-7,10H,1-5H2. The molecule has 1 aromatic rings. The molecule has 0 aromatic carbocycles. The summed E-state index contributed by atoms with van der Waals surface area (Å²) in [6.07, 6.45) is 7.49. The number of allylic oxidation sites excluding steroid dienone is 1. The molecule has 1 fully saturated rings. The highest BCUT2D eigenvalue weighted by atomic mass is 32.2. The summed E-state index contributed by atoms with van der Waals surface area (Å²) in [6.45, 7) is 0. The fourth-order valence-corrected chi connectivity index (χ4v) is 3.99. The maximum Gasteiger partial charge on any atom is 0.342 e. The van der Waals surface area contributed by atoms with Gasteiger partial charge in [-0.15, -0.1) is 11.8 Å². The van der Waals surface area contributed by atoms with Crippen molar-refractivity contribution in [1.82, 2.24) is 4.98 Å². The van der Waals surface area contributed by atoms with Gasteiger partial charge >= 0.3 is 5.63 Å². The molecule has 88 valence electrons. The van der Waals surface area contributed by atoms with Gasteiger partial charge in [0.25, 0.3) is 0 Å². The Morgan fingerprint density at radius 2 is 2.24 bits per heavy atom. The number of rotatable bonds is 1. The minimum absolute atomic E-state index is 0.160. The molecule has 2 atom stereocenters. The molecule has 3 nitrogen and oxygen atoms in total. The van der Waals surface area contributed by atoms with Gasteiger partial charge in [-0.05, 0) is 38.0 Å². The summed E-state index contributed by atoms with van der Waals surface area (Å²) in [7, 11) is 0. The molecule has 0 bridgehead atoms. The van der Waals surface area contributed by atoms with Crippen molar-refractivity contribution in [2.75, 3.05) is 0 Å². The smallest absolute Gasteiger partial charge is 0.342 e. The van der Waals surface area contributed by atoms with Crippen LogP contribution in [0.2, 0.25) is 0 Å². The van der Waals surface area contributed by atoms with Crippen LogP contribution in [0.15, 0.2) is 15.3 Å². The number of hydrogen-bond acceptors (Lipinski definition) is 4. The van der Waals surface area contributed by atoms with Crippen molar-refractivity contribution in [2.45, 2.75) is 37.4 Å². The number of hydrogen-bond donors (Lipinski definition) is 0. The molecule has 4 heteroatoms. The van der Waals surface area contributed by atoms with Crippen molar-refractivity contribution in [3.8, 4) is 0 Å².